The fourth-order valence-corrected chi connectivity index (χ4v) is 2.14. The zero-order chi connectivity index (χ0) is 17.7. The van der Waals surface area contributed by atoms with E-state index in [2.05, 4.69) is 0 Å². The van der Waals surface area contributed by atoms with Crippen LogP contribution in [-0.4, -0.2) is 27.4 Å². The largest absolute Gasteiger partial charge is 0.453 e. The molecule has 0 aliphatic heterocycles. The molecule has 0 aliphatic carbocycles. The summed E-state index contributed by atoms with van der Waals surface area (Å²) in [6, 6.07) is 8.21. The first-order chi connectivity index (χ1) is 11.4. The Labute approximate surface area is 137 Å². The number of carbonyl (C=O) groups is 2. The Bertz CT molecular complexity index is 848. The summed E-state index contributed by atoms with van der Waals surface area (Å²) in [6.45, 7) is 3.10. The standard InChI is InChI=1S/C17H18N2O5/c1-3-12-4-6-13(7-5-12)16(22)11(2)24-15(21)10-19-9-8-14(20)18-17(19)23/h4-9,11H,3,10H2,1-2H3,(H,18,20,23)/t11-/m1/s1. The average molecular weight is 330 g/mol. The van der Waals surface area contributed by atoms with Crippen molar-refractivity contribution in [1.29, 1.82) is 0 Å². The Morgan fingerprint density at radius 1 is 1.17 bits per heavy atom. The van der Waals surface area contributed by atoms with Gasteiger partial charge in [0, 0.05) is 17.8 Å². The van der Waals surface area contributed by atoms with Gasteiger partial charge in [-0.25, -0.2) is 4.79 Å². The molecule has 126 valence electrons. The fraction of sp³-hybridized carbons (Fsp3) is 0.294. The number of aromatic nitrogens is 2. The van der Waals surface area contributed by atoms with Crippen LogP contribution in [0.5, 0.6) is 0 Å². The molecule has 1 heterocycles. The molecule has 0 bridgehead atoms. The third-order valence-corrected chi connectivity index (χ3v) is 3.52. The highest BCUT2D eigenvalue weighted by atomic mass is 16.5. The SMILES string of the molecule is CCc1ccc(C(=O)[C@@H](C)OC(=O)Cn2ccc(=O)[nH]c2=O)cc1. The first-order valence-corrected chi connectivity index (χ1v) is 7.53. The van der Waals surface area contributed by atoms with Gasteiger partial charge in [0.1, 0.15) is 6.54 Å². The minimum atomic E-state index is -0.969. The lowest BCUT2D eigenvalue weighted by molar-refractivity contribution is -0.147. The summed E-state index contributed by atoms with van der Waals surface area (Å²) in [5.41, 5.74) is 0.291. The number of Topliss-reactive ketones (excluding diaryl/α,β-unsaturated/α-hetero) is 1. The molecule has 0 saturated heterocycles. The maximum atomic E-state index is 12.3. The summed E-state index contributed by atoms with van der Waals surface area (Å²) in [4.78, 5) is 48.6. The molecule has 1 aromatic carbocycles. The number of ether oxygens (including phenoxy) is 1. The summed E-state index contributed by atoms with van der Waals surface area (Å²) in [5.74, 6) is -1.06. The van der Waals surface area contributed by atoms with Crippen molar-refractivity contribution in [3.05, 3.63) is 68.5 Å². The molecule has 0 aliphatic rings. The Hall–Kier alpha value is -2.96. The fourth-order valence-electron chi connectivity index (χ4n) is 2.14. The van der Waals surface area contributed by atoms with Crippen molar-refractivity contribution in [2.75, 3.05) is 0 Å². The van der Waals surface area contributed by atoms with E-state index in [1.807, 2.05) is 24.0 Å². The second-order valence-electron chi connectivity index (χ2n) is 5.28. The van der Waals surface area contributed by atoms with E-state index in [-0.39, 0.29) is 12.3 Å². The summed E-state index contributed by atoms with van der Waals surface area (Å²) in [7, 11) is 0. The van der Waals surface area contributed by atoms with Gasteiger partial charge >= 0.3 is 11.7 Å². The van der Waals surface area contributed by atoms with E-state index in [4.69, 9.17) is 4.74 Å². The molecule has 7 heteroatoms. The van der Waals surface area contributed by atoms with Crippen molar-refractivity contribution in [3.8, 4) is 0 Å². The van der Waals surface area contributed by atoms with Crippen LogP contribution in [0, 0.1) is 0 Å². The molecule has 0 fully saturated rings. The van der Waals surface area contributed by atoms with Gasteiger partial charge in [0.25, 0.3) is 5.56 Å². The van der Waals surface area contributed by atoms with E-state index in [0.717, 1.165) is 22.6 Å². The number of carbonyl (C=O) groups excluding carboxylic acids is 2. The molecule has 2 aromatic rings. The molecule has 0 amide bonds. The number of esters is 1. The maximum absolute atomic E-state index is 12.3. The van der Waals surface area contributed by atoms with Crippen LogP contribution in [0.3, 0.4) is 0 Å². The van der Waals surface area contributed by atoms with Crippen molar-refractivity contribution in [2.24, 2.45) is 0 Å². The third kappa shape index (κ3) is 4.28. The first kappa shape index (κ1) is 17.4. The van der Waals surface area contributed by atoms with Crippen LogP contribution in [0.1, 0.15) is 29.8 Å². The summed E-state index contributed by atoms with van der Waals surface area (Å²) >= 11 is 0. The Kier molecular flexibility index (Phi) is 5.47. The van der Waals surface area contributed by atoms with Crippen LogP contribution in [0.4, 0.5) is 0 Å². The monoisotopic (exact) mass is 330 g/mol. The Morgan fingerprint density at radius 2 is 1.83 bits per heavy atom. The quantitative estimate of drug-likeness (QED) is 0.627. The normalized spacial score (nSPS) is 11.8. The first-order valence-electron chi connectivity index (χ1n) is 7.53. The van der Waals surface area contributed by atoms with Crippen molar-refractivity contribution in [1.82, 2.24) is 9.55 Å². The van der Waals surface area contributed by atoms with Gasteiger partial charge in [-0.3, -0.25) is 23.9 Å². The number of hydrogen-bond acceptors (Lipinski definition) is 5. The lowest BCUT2D eigenvalue weighted by Crippen LogP contribution is -2.33. The number of benzene rings is 1. The predicted octanol–water partition coefficient (Wildman–Crippen LogP) is 0.914. The van der Waals surface area contributed by atoms with Crippen LogP contribution in [0.2, 0.25) is 0 Å². The van der Waals surface area contributed by atoms with Gasteiger partial charge in [0.2, 0.25) is 5.78 Å². The predicted molar refractivity (Wildman–Crippen MR) is 87.0 cm³/mol. The molecule has 0 unspecified atom stereocenters. The van der Waals surface area contributed by atoms with Crippen LogP contribution in [-0.2, 0) is 22.5 Å². The van der Waals surface area contributed by atoms with E-state index < -0.39 is 23.3 Å². The number of aromatic amines is 1. The summed E-state index contributed by atoms with van der Waals surface area (Å²) < 4.78 is 6.07. The molecule has 1 atom stereocenters. The Balaban J connectivity index is 2.00. The maximum Gasteiger partial charge on any atom is 0.328 e. The second kappa shape index (κ2) is 7.54. The number of nitrogens with one attached hydrogen (secondary N) is 1. The van der Waals surface area contributed by atoms with Gasteiger partial charge in [0.15, 0.2) is 6.10 Å². The van der Waals surface area contributed by atoms with Gasteiger partial charge in [-0.2, -0.15) is 0 Å². The molecule has 24 heavy (non-hydrogen) atoms. The third-order valence-electron chi connectivity index (χ3n) is 3.52. The number of H-pyrrole nitrogens is 1. The van der Waals surface area contributed by atoms with Crippen molar-refractivity contribution < 1.29 is 14.3 Å². The molecule has 1 N–H and O–H groups in total. The highest BCUT2D eigenvalue weighted by Crippen LogP contribution is 2.09. The molecule has 0 spiro atoms. The van der Waals surface area contributed by atoms with Gasteiger partial charge in [-0.15, -0.1) is 0 Å². The molecular weight excluding hydrogens is 312 g/mol. The van der Waals surface area contributed by atoms with E-state index in [9.17, 15) is 19.2 Å². The number of aryl methyl sites for hydroxylation is 1. The lowest BCUT2D eigenvalue weighted by atomic mass is 10.0. The van der Waals surface area contributed by atoms with Crippen LogP contribution >= 0.6 is 0 Å². The van der Waals surface area contributed by atoms with Crippen molar-refractivity contribution in [3.63, 3.8) is 0 Å². The topological polar surface area (TPSA) is 98.2 Å². The number of rotatable bonds is 6. The van der Waals surface area contributed by atoms with Gasteiger partial charge < -0.3 is 4.74 Å². The minimum Gasteiger partial charge on any atom is -0.453 e. The number of ketones is 1. The lowest BCUT2D eigenvalue weighted by Gasteiger charge is -2.13. The molecule has 7 nitrogen and oxygen atoms in total. The van der Waals surface area contributed by atoms with Gasteiger partial charge in [-0.1, -0.05) is 31.2 Å². The Morgan fingerprint density at radius 3 is 2.42 bits per heavy atom. The molecule has 1 aromatic heterocycles. The highest BCUT2D eigenvalue weighted by Gasteiger charge is 2.19. The average Bonchev–Trinajstić information content (AvgIpc) is 2.56. The van der Waals surface area contributed by atoms with E-state index in [0.29, 0.717) is 5.56 Å². The van der Waals surface area contributed by atoms with Crippen LogP contribution in [0.25, 0.3) is 0 Å². The van der Waals surface area contributed by atoms with Crippen LogP contribution in [0.15, 0.2) is 46.1 Å². The van der Waals surface area contributed by atoms with E-state index >= 15 is 0 Å². The van der Waals surface area contributed by atoms with E-state index in [1.54, 1.807) is 12.1 Å². The highest BCUT2D eigenvalue weighted by molar-refractivity contribution is 6.00. The summed E-state index contributed by atoms with van der Waals surface area (Å²) in [6.07, 6.45) is 1.09. The van der Waals surface area contributed by atoms with Gasteiger partial charge in [0.05, 0.1) is 0 Å². The molecule has 2 rings (SSSR count). The number of hydrogen-bond donors (Lipinski definition) is 1. The number of nitrogens with zero attached hydrogens (tertiary/aromatic N) is 1. The zero-order valence-electron chi connectivity index (χ0n) is 13.4. The minimum absolute atomic E-state index is 0.320. The second-order valence-corrected chi connectivity index (χ2v) is 5.28. The summed E-state index contributed by atoms with van der Waals surface area (Å²) in [5, 5.41) is 0. The molecule has 0 radical (unpaired) electrons. The zero-order valence-corrected chi connectivity index (χ0v) is 13.4. The van der Waals surface area contributed by atoms with Gasteiger partial charge in [-0.05, 0) is 18.9 Å². The van der Waals surface area contributed by atoms with Crippen molar-refractivity contribution >= 4 is 11.8 Å². The molecule has 0 saturated carbocycles. The van der Waals surface area contributed by atoms with E-state index in [1.165, 1.54) is 13.1 Å². The van der Waals surface area contributed by atoms with Crippen LogP contribution < -0.4 is 11.2 Å². The molecular formula is C17H18N2O5. The van der Waals surface area contributed by atoms with Crippen molar-refractivity contribution in [2.45, 2.75) is 32.9 Å². The smallest absolute Gasteiger partial charge is 0.328 e.